The van der Waals surface area contributed by atoms with Crippen LogP contribution in [0.5, 0.6) is 0 Å². The van der Waals surface area contributed by atoms with E-state index in [2.05, 4.69) is 18.9 Å². The van der Waals surface area contributed by atoms with Gasteiger partial charge in [0.05, 0.1) is 23.4 Å². The number of nitrogens with zero attached hydrogens (tertiary/aromatic N) is 3. The topological polar surface area (TPSA) is 61.0 Å². The van der Waals surface area contributed by atoms with Gasteiger partial charge in [-0.15, -0.1) is 0 Å². The Labute approximate surface area is 89.2 Å². The molecule has 1 atom stereocenters. The minimum Gasteiger partial charge on any atom is -0.358 e. The van der Waals surface area contributed by atoms with Gasteiger partial charge in [0.1, 0.15) is 0 Å². The van der Waals surface area contributed by atoms with Crippen LogP contribution in [0.25, 0.3) is 0 Å². The fraction of sp³-hybridized carbons (Fsp3) is 0.700. The van der Waals surface area contributed by atoms with Crippen molar-refractivity contribution in [2.45, 2.75) is 45.6 Å². The molecule has 84 valence electrons. The van der Waals surface area contributed by atoms with E-state index in [4.69, 9.17) is 0 Å². The van der Waals surface area contributed by atoms with Crippen LogP contribution < -0.4 is 0 Å². The Bertz CT molecular complexity index is 322. The molecule has 0 aromatic carbocycles. The summed E-state index contributed by atoms with van der Waals surface area (Å²) < 4.78 is 1.72. The van der Waals surface area contributed by atoms with Gasteiger partial charge >= 0.3 is 5.82 Å². The Morgan fingerprint density at radius 3 is 2.80 bits per heavy atom. The summed E-state index contributed by atoms with van der Waals surface area (Å²) >= 11 is 0. The highest BCUT2D eigenvalue weighted by Gasteiger charge is 2.16. The summed E-state index contributed by atoms with van der Waals surface area (Å²) in [5.74, 6) is -0.0649. The first-order chi connectivity index (χ1) is 7.19. The molecule has 0 aliphatic heterocycles. The number of hydrogen-bond donors (Lipinski definition) is 0. The Morgan fingerprint density at radius 2 is 2.33 bits per heavy atom. The SMILES string of the molecule is CCCCC(CC)n1ccc([N+](=O)[O-])n1. The lowest BCUT2D eigenvalue weighted by molar-refractivity contribution is -0.389. The average Bonchev–Trinajstić information content (AvgIpc) is 2.68. The first kappa shape index (κ1) is 11.7. The maximum absolute atomic E-state index is 10.5. The first-order valence-corrected chi connectivity index (χ1v) is 5.38. The molecule has 0 saturated carbocycles. The third-order valence-corrected chi connectivity index (χ3v) is 2.52. The molecule has 0 aliphatic rings. The minimum absolute atomic E-state index is 0.0649. The molecule has 1 unspecified atom stereocenters. The van der Waals surface area contributed by atoms with Gasteiger partial charge in [-0.3, -0.25) is 0 Å². The van der Waals surface area contributed by atoms with E-state index in [0.717, 1.165) is 25.7 Å². The average molecular weight is 211 g/mol. The molecule has 1 aromatic heterocycles. The van der Waals surface area contributed by atoms with Gasteiger partial charge in [-0.25, -0.2) is 0 Å². The summed E-state index contributed by atoms with van der Waals surface area (Å²) in [5, 5.41) is 14.4. The minimum atomic E-state index is -0.455. The van der Waals surface area contributed by atoms with E-state index in [0.29, 0.717) is 6.04 Å². The van der Waals surface area contributed by atoms with E-state index < -0.39 is 4.92 Å². The summed E-state index contributed by atoms with van der Waals surface area (Å²) in [7, 11) is 0. The molecule has 0 radical (unpaired) electrons. The molecule has 0 saturated heterocycles. The van der Waals surface area contributed by atoms with Crippen molar-refractivity contribution >= 4 is 5.82 Å². The fourth-order valence-electron chi connectivity index (χ4n) is 1.59. The molecule has 0 fully saturated rings. The highest BCUT2D eigenvalue weighted by Crippen LogP contribution is 2.19. The van der Waals surface area contributed by atoms with Crippen LogP contribution in [0.3, 0.4) is 0 Å². The molecular formula is C10H17N3O2. The lowest BCUT2D eigenvalue weighted by atomic mass is 10.1. The molecule has 1 aromatic rings. The zero-order valence-corrected chi connectivity index (χ0v) is 9.22. The Hall–Kier alpha value is -1.39. The van der Waals surface area contributed by atoms with Gasteiger partial charge in [0.2, 0.25) is 0 Å². The molecule has 5 nitrogen and oxygen atoms in total. The molecule has 0 amide bonds. The predicted octanol–water partition coefficient (Wildman–Crippen LogP) is 2.93. The Balaban J connectivity index is 2.69. The first-order valence-electron chi connectivity index (χ1n) is 5.38. The van der Waals surface area contributed by atoms with Gasteiger partial charge < -0.3 is 10.1 Å². The zero-order valence-electron chi connectivity index (χ0n) is 9.22. The lowest BCUT2D eigenvalue weighted by Gasteiger charge is -2.10. The summed E-state index contributed by atoms with van der Waals surface area (Å²) in [5.41, 5.74) is 0. The third-order valence-electron chi connectivity index (χ3n) is 2.52. The molecule has 1 heterocycles. The maximum Gasteiger partial charge on any atom is 0.389 e. The van der Waals surface area contributed by atoms with Crippen LogP contribution in [-0.4, -0.2) is 14.7 Å². The van der Waals surface area contributed by atoms with Gasteiger partial charge in [0.15, 0.2) is 0 Å². The molecule has 0 N–H and O–H groups in total. The van der Waals surface area contributed by atoms with Crippen molar-refractivity contribution in [2.75, 3.05) is 0 Å². The highest BCUT2D eigenvalue weighted by molar-refractivity contribution is 5.14. The van der Waals surface area contributed by atoms with E-state index in [1.165, 1.54) is 6.07 Å². The van der Waals surface area contributed by atoms with Crippen molar-refractivity contribution in [1.29, 1.82) is 0 Å². The molecule has 0 aliphatic carbocycles. The maximum atomic E-state index is 10.5. The number of unbranched alkanes of at least 4 members (excludes halogenated alkanes) is 1. The van der Waals surface area contributed by atoms with E-state index in [1.54, 1.807) is 10.9 Å². The van der Waals surface area contributed by atoms with Crippen molar-refractivity contribution in [1.82, 2.24) is 9.78 Å². The van der Waals surface area contributed by atoms with Crippen LogP contribution in [0.1, 0.15) is 45.6 Å². The van der Waals surface area contributed by atoms with Crippen molar-refractivity contribution in [3.8, 4) is 0 Å². The van der Waals surface area contributed by atoms with Crippen molar-refractivity contribution in [2.24, 2.45) is 0 Å². The molecular weight excluding hydrogens is 194 g/mol. The standard InChI is InChI=1S/C10H17N3O2/c1-3-5-6-9(4-2)12-8-7-10(11-12)13(14)15/h7-9H,3-6H2,1-2H3. The van der Waals surface area contributed by atoms with Gasteiger partial charge in [-0.2, -0.15) is 4.68 Å². The number of rotatable bonds is 6. The highest BCUT2D eigenvalue weighted by atomic mass is 16.6. The van der Waals surface area contributed by atoms with Gasteiger partial charge in [-0.1, -0.05) is 26.7 Å². The van der Waals surface area contributed by atoms with Crippen molar-refractivity contribution in [3.05, 3.63) is 22.4 Å². The van der Waals surface area contributed by atoms with Crippen LogP contribution in [0, 0.1) is 10.1 Å². The number of aromatic nitrogens is 2. The monoisotopic (exact) mass is 211 g/mol. The summed E-state index contributed by atoms with van der Waals surface area (Å²) in [4.78, 5) is 10.0. The second kappa shape index (κ2) is 5.48. The van der Waals surface area contributed by atoms with Gasteiger partial charge in [0, 0.05) is 0 Å². The smallest absolute Gasteiger partial charge is 0.358 e. The van der Waals surface area contributed by atoms with Crippen LogP contribution in [0.4, 0.5) is 5.82 Å². The van der Waals surface area contributed by atoms with E-state index >= 15 is 0 Å². The normalized spacial score (nSPS) is 12.7. The molecule has 15 heavy (non-hydrogen) atoms. The molecule has 0 spiro atoms. The summed E-state index contributed by atoms with van der Waals surface area (Å²) in [6, 6.07) is 1.74. The Morgan fingerprint density at radius 1 is 1.60 bits per heavy atom. The molecule has 0 bridgehead atoms. The predicted molar refractivity (Wildman–Crippen MR) is 57.7 cm³/mol. The van der Waals surface area contributed by atoms with E-state index in [-0.39, 0.29) is 5.82 Å². The van der Waals surface area contributed by atoms with Crippen LogP contribution in [0.15, 0.2) is 12.3 Å². The molecule has 5 heteroatoms. The largest absolute Gasteiger partial charge is 0.389 e. The van der Waals surface area contributed by atoms with Crippen LogP contribution in [-0.2, 0) is 0 Å². The van der Waals surface area contributed by atoms with Gasteiger partial charge in [-0.05, 0) is 17.8 Å². The summed E-state index contributed by atoms with van der Waals surface area (Å²) in [6.07, 6.45) is 5.96. The van der Waals surface area contributed by atoms with Crippen LogP contribution in [0.2, 0.25) is 0 Å². The third kappa shape index (κ3) is 3.04. The van der Waals surface area contributed by atoms with Crippen molar-refractivity contribution < 1.29 is 4.92 Å². The second-order valence-electron chi connectivity index (χ2n) is 3.62. The number of hydrogen-bond acceptors (Lipinski definition) is 3. The number of nitro groups is 1. The lowest BCUT2D eigenvalue weighted by Crippen LogP contribution is -2.09. The quantitative estimate of drug-likeness (QED) is 0.537. The van der Waals surface area contributed by atoms with Gasteiger partial charge in [0.25, 0.3) is 0 Å². The molecule has 1 rings (SSSR count). The zero-order chi connectivity index (χ0) is 11.3. The Kier molecular flexibility index (Phi) is 4.27. The van der Waals surface area contributed by atoms with Crippen molar-refractivity contribution in [3.63, 3.8) is 0 Å². The second-order valence-corrected chi connectivity index (χ2v) is 3.62. The summed E-state index contributed by atoms with van der Waals surface area (Å²) in [6.45, 7) is 4.21. The van der Waals surface area contributed by atoms with E-state index in [9.17, 15) is 10.1 Å². The van der Waals surface area contributed by atoms with Crippen LogP contribution >= 0.6 is 0 Å². The fourth-order valence-corrected chi connectivity index (χ4v) is 1.59. The van der Waals surface area contributed by atoms with E-state index in [1.807, 2.05) is 0 Å².